The van der Waals surface area contributed by atoms with Gasteiger partial charge in [0.25, 0.3) is 0 Å². The van der Waals surface area contributed by atoms with Gasteiger partial charge in [-0.2, -0.15) is 0 Å². The second-order valence-electron chi connectivity index (χ2n) is 9.23. The van der Waals surface area contributed by atoms with Gasteiger partial charge in [0.05, 0.1) is 13.7 Å². The Bertz CT molecular complexity index is 1100. The summed E-state index contributed by atoms with van der Waals surface area (Å²) >= 11 is 6.27. The summed E-state index contributed by atoms with van der Waals surface area (Å²) in [5, 5.41) is 19.6. The highest BCUT2D eigenvalue weighted by molar-refractivity contribution is 6.32. The molecule has 1 atom stereocenters. The molecule has 0 aliphatic carbocycles. The second-order valence-corrected chi connectivity index (χ2v) is 9.61. The third kappa shape index (κ3) is 6.66. The van der Waals surface area contributed by atoms with Crippen LogP contribution in [0, 0.1) is 13.8 Å². The average Bonchev–Trinajstić information content (AvgIpc) is 3.35. The first-order valence-corrected chi connectivity index (χ1v) is 12.2. The van der Waals surface area contributed by atoms with Crippen LogP contribution in [0.2, 0.25) is 5.02 Å². The molecule has 9 heteroatoms. The molecule has 0 unspecified atom stereocenters. The summed E-state index contributed by atoms with van der Waals surface area (Å²) in [6.45, 7) is 7.43. The van der Waals surface area contributed by atoms with Crippen molar-refractivity contribution in [2.75, 3.05) is 33.4 Å². The molecule has 2 heterocycles. The van der Waals surface area contributed by atoms with Gasteiger partial charge in [0.2, 0.25) is 0 Å². The van der Waals surface area contributed by atoms with Gasteiger partial charge >= 0.3 is 0 Å². The topological polar surface area (TPSA) is 81.9 Å². The Balaban J connectivity index is 1.36. The van der Waals surface area contributed by atoms with Crippen LogP contribution in [0.4, 0.5) is 0 Å². The van der Waals surface area contributed by atoms with E-state index in [0.717, 1.165) is 40.4 Å². The first kappa shape index (κ1) is 25.3. The maximum absolute atomic E-state index is 11.3. The summed E-state index contributed by atoms with van der Waals surface area (Å²) < 4.78 is 19.3. The van der Waals surface area contributed by atoms with Crippen LogP contribution >= 0.6 is 11.6 Å². The largest absolute Gasteiger partial charge is 0.493 e. The van der Waals surface area contributed by atoms with Crippen molar-refractivity contribution < 1.29 is 19.3 Å². The van der Waals surface area contributed by atoms with E-state index in [1.165, 1.54) is 0 Å². The molecule has 0 bridgehead atoms. The van der Waals surface area contributed by atoms with Crippen LogP contribution < -0.4 is 14.2 Å². The van der Waals surface area contributed by atoms with Crippen molar-refractivity contribution in [2.45, 2.75) is 45.4 Å². The maximum atomic E-state index is 11.3. The van der Waals surface area contributed by atoms with Crippen molar-refractivity contribution in [2.24, 2.45) is 0 Å². The van der Waals surface area contributed by atoms with Crippen molar-refractivity contribution in [1.29, 1.82) is 0 Å². The fourth-order valence-corrected chi connectivity index (χ4v) is 4.56. The zero-order chi connectivity index (χ0) is 24.8. The number of aromatic nitrogens is 3. The number of benzene rings is 2. The minimum atomic E-state index is -0.912. The summed E-state index contributed by atoms with van der Waals surface area (Å²) in [4.78, 5) is 2.26. The van der Waals surface area contributed by atoms with E-state index in [1.54, 1.807) is 19.8 Å². The molecule has 0 saturated carbocycles. The normalized spacial score (nSPS) is 18.4. The minimum absolute atomic E-state index is 0.240. The number of aryl methyl sites for hydroxylation is 2. The lowest BCUT2D eigenvalue weighted by molar-refractivity contribution is -0.0621. The lowest BCUT2D eigenvalue weighted by atomic mass is 9.93. The number of hydrogen-bond acceptors (Lipinski definition) is 7. The van der Waals surface area contributed by atoms with Gasteiger partial charge in [-0.15, -0.1) is 10.2 Å². The van der Waals surface area contributed by atoms with Crippen molar-refractivity contribution in [3.8, 4) is 17.2 Å². The Hall–Kier alpha value is -2.81. The number of hydrogen-bond donors (Lipinski definition) is 1. The molecule has 0 amide bonds. The molecule has 8 nitrogen and oxygen atoms in total. The van der Waals surface area contributed by atoms with Gasteiger partial charge in [-0.05, 0) is 74.2 Å². The van der Waals surface area contributed by atoms with Crippen LogP contribution in [0.3, 0.4) is 0 Å². The summed E-state index contributed by atoms with van der Waals surface area (Å²) in [6, 6.07) is 9.81. The van der Waals surface area contributed by atoms with Gasteiger partial charge in [-0.3, -0.25) is 4.90 Å². The van der Waals surface area contributed by atoms with Crippen LogP contribution in [0.15, 0.2) is 43.0 Å². The van der Waals surface area contributed by atoms with E-state index in [9.17, 15) is 5.11 Å². The Labute approximate surface area is 211 Å². The van der Waals surface area contributed by atoms with Gasteiger partial charge in [-0.25, -0.2) is 0 Å². The molecule has 35 heavy (non-hydrogen) atoms. The third-order valence-electron chi connectivity index (χ3n) is 6.26. The van der Waals surface area contributed by atoms with Crippen molar-refractivity contribution >= 4 is 11.6 Å². The van der Waals surface area contributed by atoms with Crippen molar-refractivity contribution in [3.05, 3.63) is 64.7 Å². The molecular weight excluding hydrogens is 468 g/mol. The Kier molecular flexibility index (Phi) is 8.15. The van der Waals surface area contributed by atoms with Gasteiger partial charge < -0.3 is 23.9 Å². The summed E-state index contributed by atoms with van der Waals surface area (Å²) in [6.07, 6.45) is 4.92. The highest BCUT2D eigenvalue weighted by Crippen LogP contribution is 2.31. The fraction of sp³-hybridized carbons (Fsp3) is 0.462. The number of aliphatic hydroxyl groups is 1. The quantitative estimate of drug-likeness (QED) is 0.450. The Morgan fingerprint density at radius 2 is 1.80 bits per heavy atom. The lowest BCUT2D eigenvalue weighted by Gasteiger charge is -2.39. The van der Waals surface area contributed by atoms with Crippen LogP contribution in [-0.4, -0.2) is 63.8 Å². The maximum Gasteiger partial charge on any atom is 0.161 e. The summed E-state index contributed by atoms with van der Waals surface area (Å²) in [5.74, 6) is 2.12. The van der Waals surface area contributed by atoms with Gasteiger partial charge in [0.15, 0.2) is 11.5 Å². The molecule has 1 fully saturated rings. The highest BCUT2D eigenvalue weighted by atomic mass is 35.5. The zero-order valence-corrected chi connectivity index (χ0v) is 21.3. The molecule has 4 rings (SSSR count). The SMILES string of the molecule is COc1ccc(CN2CCC[C@](O)(COc3cc(C)c(Cl)c(C)c3)C2)cc1OCCn1cnnc1. The first-order chi connectivity index (χ1) is 16.8. The molecule has 3 aromatic rings. The number of piperidine rings is 1. The summed E-state index contributed by atoms with van der Waals surface area (Å²) in [5.41, 5.74) is 2.13. The molecule has 1 saturated heterocycles. The number of ether oxygens (including phenoxy) is 3. The number of likely N-dealkylation sites (tertiary alicyclic amines) is 1. The van der Waals surface area contributed by atoms with Crippen LogP contribution in [0.5, 0.6) is 17.2 Å². The molecule has 0 radical (unpaired) electrons. The number of β-amino-alcohol motifs (C(OH)–C–C–N with tert-alkyl or cyclic N) is 1. The molecule has 0 spiro atoms. The smallest absolute Gasteiger partial charge is 0.161 e. The molecule has 1 N–H and O–H groups in total. The Morgan fingerprint density at radius 3 is 2.51 bits per heavy atom. The predicted molar refractivity (Wildman–Crippen MR) is 134 cm³/mol. The van der Waals surface area contributed by atoms with Crippen molar-refractivity contribution in [3.63, 3.8) is 0 Å². The van der Waals surface area contributed by atoms with E-state index in [0.29, 0.717) is 44.2 Å². The third-order valence-corrected chi connectivity index (χ3v) is 6.86. The van der Waals surface area contributed by atoms with Crippen LogP contribution in [0.1, 0.15) is 29.5 Å². The Morgan fingerprint density at radius 1 is 1.06 bits per heavy atom. The molecule has 1 aromatic heterocycles. The fourth-order valence-electron chi connectivity index (χ4n) is 4.46. The minimum Gasteiger partial charge on any atom is -0.493 e. The van der Waals surface area contributed by atoms with Gasteiger partial charge in [0.1, 0.15) is 37.2 Å². The van der Waals surface area contributed by atoms with Crippen LogP contribution in [0.25, 0.3) is 0 Å². The number of methoxy groups -OCH3 is 1. The van der Waals surface area contributed by atoms with E-state index < -0.39 is 5.60 Å². The van der Waals surface area contributed by atoms with E-state index >= 15 is 0 Å². The highest BCUT2D eigenvalue weighted by Gasteiger charge is 2.34. The number of nitrogens with zero attached hydrogens (tertiary/aromatic N) is 4. The van der Waals surface area contributed by atoms with Crippen LogP contribution in [-0.2, 0) is 13.1 Å². The lowest BCUT2D eigenvalue weighted by Crippen LogP contribution is -2.51. The van der Waals surface area contributed by atoms with E-state index in [2.05, 4.69) is 15.1 Å². The van der Waals surface area contributed by atoms with E-state index in [4.69, 9.17) is 25.8 Å². The van der Waals surface area contributed by atoms with E-state index in [-0.39, 0.29) is 6.61 Å². The second kappa shape index (κ2) is 11.3. The molecule has 1 aliphatic rings. The van der Waals surface area contributed by atoms with Crippen molar-refractivity contribution in [1.82, 2.24) is 19.7 Å². The van der Waals surface area contributed by atoms with Gasteiger partial charge in [0, 0.05) is 18.1 Å². The molecule has 1 aliphatic heterocycles. The van der Waals surface area contributed by atoms with Gasteiger partial charge in [-0.1, -0.05) is 17.7 Å². The number of halogens is 1. The van der Waals surface area contributed by atoms with E-state index in [1.807, 2.05) is 48.7 Å². The first-order valence-electron chi connectivity index (χ1n) is 11.8. The monoisotopic (exact) mass is 500 g/mol. The molecular formula is C26H33ClN4O4. The molecule has 2 aromatic carbocycles. The average molecular weight is 501 g/mol. The predicted octanol–water partition coefficient (Wildman–Crippen LogP) is 4.04. The summed E-state index contributed by atoms with van der Waals surface area (Å²) in [7, 11) is 1.63. The number of rotatable bonds is 10. The molecule has 188 valence electrons. The zero-order valence-electron chi connectivity index (χ0n) is 20.5. The standard InChI is InChI=1S/C26H33ClN4O4/c1-19-11-22(12-20(2)25(19)27)35-16-26(32)7-4-8-30(15-26)14-21-5-6-23(33-3)24(13-21)34-10-9-31-17-28-29-18-31/h5-6,11-13,17-18,32H,4,7-10,14-16H2,1-3H3/t26-/m1/s1.